The molecular weight excluding hydrogens is 348 g/mol. The van der Waals surface area contributed by atoms with Crippen LogP contribution in [0.5, 0.6) is 0 Å². The maximum absolute atomic E-state index is 12.8. The van der Waals surface area contributed by atoms with E-state index in [9.17, 15) is 13.2 Å². The predicted octanol–water partition coefficient (Wildman–Crippen LogP) is 2.70. The Bertz CT molecular complexity index is 767. The second kappa shape index (κ2) is 6.97. The van der Waals surface area contributed by atoms with Gasteiger partial charge in [-0.15, -0.1) is 0 Å². The van der Waals surface area contributed by atoms with Crippen LogP contribution in [-0.2, 0) is 14.8 Å². The van der Waals surface area contributed by atoms with Crippen LogP contribution in [0.1, 0.15) is 44.1 Å². The van der Waals surface area contributed by atoms with Crippen LogP contribution in [-0.4, -0.2) is 37.8 Å². The number of piperidine rings is 1. The van der Waals surface area contributed by atoms with Crippen LogP contribution in [0.3, 0.4) is 0 Å². The first-order valence-electron chi connectivity index (χ1n) is 9.80. The molecule has 3 atom stereocenters. The summed E-state index contributed by atoms with van der Waals surface area (Å²) in [7, 11) is -3.46. The number of fused-ring (bicyclic) bond motifs is 2. The van der Waals surface area contributed by atoms with Gasteiger partial charge in [0.25, 0.3) is 0 Å². The minimum atomic E-state index is -3.46. The van der Waals surface area contributed by atoms with Crippen LogP contribution < -0.4 is 5.32 Å². The summed E-state index contributed by atoms with van der Waals surface area (Å²) in [4.78, 5) is 13.0. The Morgan fingerprint density at radius 2 is 1.73 bits per heavy atom. The molecule has 1 aromatic rings. The molecule has 0 unspecified atom stereocenters. The van der Waals surface area contributed by atoms with E-state index in [1.54, 1.807) is 12.1 Å². The number of sulfonamides is 1. The first-order chi connectivity index (χ1) is 12.4. The van der Waals surface area contributed by atoms with E-state index in [1.807, 2.05) is 19.1 Å². The number of amides is 1. The van der Waals surface area contributed by atoms with Crippen LogP contribution in [0.2, 0.25) is 0 Å². The molecule has 1 amide bonds. The average Bonchev–Trinajstić information content (AvgIpc) is 3.25. The van der Waals surface area contributed by atoms with Gasteiger partial charge in [-0.1, -0.05) is 24.1 Å². The summed E-state index contributed by atoms with van der Waals surface area (Å²) < 4.78 is 27.1. The number of hydrogen-bond donors (Lipinski definition) is 1. The Balaban J connectivity index is 1.33. The maximum Gasteiger partial charge on any atom is 0.243 e. The molecule has 4 rings (SSSR count). The fraction of sp³-hybridized carbons (Fsp3) is 0.650. The Hall–Kier alpha value is -1.40. The second-order valence-corrected chi connectivity index (χ2v) is 10.2. The minimum Gasteiger partial charge on any atom is -0.353 e. The Labute approximate surface area is 156 Å². The van der Waals surface area contributed by atoms with Crippen molar-refractivity contribution >= 4 is 15.9 Å². The van der Waals surface area contributed by atoms with Crippen molar-refractivity contribution < 1.29 is 13.2 Å². The molecule has 5 nitrogen and oxygen atoms in total. The zero-order chi connectivity index (χ0) is 18.3. The van der Waals surface area contributed by atoms with E-state index in [4.69, 9.17) is 0 Å². The monoisotopic (exact) mass is 376 g/mol. The standard InChI is InChI=1S/C20H28N2O3S/c1-14-2-6-18(7-3-14)26(24,25)22-10-8-16(9-11-22)20(23)21-19-13-15-4-5-17(19)12-15/h2-3,6-7,15-17,19H,4-5,8-13H2,1H3,(H,21,23)/t15-,17-,19+/m0/s1. The molecule has 6 heteroatoms. The van der Waals surface area contributed by atoms with E-state index < -0.39 is 10.0 Å². The number of nitrogens with one attached hydrogen (secondary N) is 1. The first-order valence-corrected chi connectivity index (χ1v) is 11.2. The molecule has 1 aliphatic heterocycles. The van der Waals surface area contributed by atoms with Gasteiger partial charge in [-0.25, -0.2) is 8.42 Å². The summed E-state index contributed by atoms with van der Waals surface area (Å²) in [5, 5.41) is 3.26. The largest absolute Gasteiger partial charge is 0.353 e. The summed E-state index contributed by atoms with van der Waals surface area (Å²) in [6, 6.07) is 7.33. The van der Waals surface area contributed by atoms with Gasteiger partial charge in [-0.05, 0) is 63.0 Å². The molecule has 1 N–H and O–H groups in total. The first kappa shape index (κ1) is 18.0. The van der Waals surface area contributed by atoms with Crippen molar-refractivity contribution in [1.29, 1.82) is 0 Å². The predicted molar refractivity (Wildman–Crippen MR) is 100 cm³/mol. The highest BCUT2D eigenvalue weighted by Gasteiger charge is 2.41. The Morgan fingerprint density at radius 1 is 1.04 bits per heavy atom. The zero-order valence-corrected chi connectivity index (χ0v) is 16.2. The fourth-order valence-corrected chi connectivity index (χ4v) is 6.41. The number of rotatable bonds is 4. The van der Waals surface area contributed by atoms with Gasteiger partial charge in [0.15, 0.2) is 0 Å². The summed E-state index contributed by atoms with van der Waals surface area (Å²) in [6.07, 6.45) is 6.21. The third-order valence-electron chi connectivity index (χ3n) is 6.55. The van der Waals surface area contributed by atoms with Gasteiger partial charge in [-0.3, -0.25) is 4.79 Å². The molecule has 3 aliphatic rings. The van der Waals surface area contributed by atoms with Gasteiger partial charge in [0.2, 0.25) is 15.9 Å². The molecule has 1 aromatic carbocycles. The van der Waals surface area contributed by atoms with Gasteiger partial charge in [0.05, 0.1) is 4.90 Å². The molecular formula is C20H28N2O3S. The van der Waals surface area contributed by atoms with E-state index in [0.29, 0.717) is 42.8 Å². The second-order valence-electron chi connectivity index (χ2n) is 8.28. The molecule has 0 aromatic heterocycles. The zero-order valence-electron chi connectivity index (χ0n) is 15.4. The van der Waals surface area contributed by atoms with E-state index in [2.05, 4.69) is 5.32 Å². The van der Waals surface area contributed by atoms with Crippen LogP contribution in [0.4, 0.5) is 0 Å². The van der Waals surface area contributed by atoms with Gasteiger partial charge >= 0.3 is 0 Å². The molecule has 142 valence electrons. The van der Waals surface area contributed by atoms with Crippen LogP contribution in [0.25, 0.3) is 0 Å². The lowest BCUT2D eigenvalue weighted by Gasteiger charge is -2.32. The number of carbonyl (C=O) groups is 1. The van der Waals surface area contributed by atoms with Crippen LogP contribution >= 0.6 is 0 Å². The number of benzene rings is 1. The number of aryl methyl sites for hydroxylation is 1. The van der Waals surface area contributed by atoms with Gasteiger partial charge < -0.3 is 5.32 Å². The molecule has 2 bridgehead atoms. The highest BCUT2D eigenvalue weighted by Crippen LogP contribution is 2.44. The van der Waals surface area contributed by atoms with Gasteiger partial charge in [0.1, 0.15) is 0 Å². The van der Waals surface area contributed by atoms with E-state index in [-0.39, 0.29) is 11.8 Å². The van der Waals surface area contributed by atoms with Crippen LogP contribution in [0, 0.1) is 24.7 Å². The molecule has 1 saturated heterocycles. The summed E-state index contributed by atoms with van der Waals surface area (Å²) in [5.41, 5.74) is 1.04. The molecule has 2 saturated carbocycles. The minimum absolute atomic E-state index is 0.0569. The topological polar surface area (TPSA) is 66.5 Å². The van der Waals surface area contributed by atoms with E-state index >= 15 is 0 Å². The molecule has 1 heterocycles. The molecule has 0 spiro atoms. The highest BCUT2D eigenvalue weighted by atomic mass is 32.2. The van der Waals surface area contributed by atoms with E-state index in [1.165, 1.54) is 23.6 Å². The van der Waals surface area contributed by atoms with Gasteiger partial charge in [0, 0.05) is 25.0 Å². The van der Waals surface area contributed by atoms with Crippen molar-refractivity contribution in [2.75, 3.05) is 13.1 Å². The number of nitrogens with zero attached hydrogens (tertiary/aromatic N) is 1. The Morgan fingerprint density at radius 3 is 2.31 bits per heavy atom. The SMILES string of the molecule is Cc1ccc(S(=O)(=O)N2CCC(C(=O)N[C@@H]3C[C@H]4CC[C@H]3C4)CC2)cc1. The van der Waals surface area contributed by atoms with Crippen molar-refractivity contribution in [3.8, 4) is 0 Å². The number of carbonyl (C=O) groups excluding carboxylic acids is 1. The van der Waals surface area contributed by atoms with Gasteiger partial charge in [-0.2, -0.15) is 4.31 Å². The highest BCUT2D eigenvalue weighted by molar-refractivity contribution is 7.89. The van der Waals surface area contributed by atoms with Crippen molar-refractivity contribution in [2.24, 2.45) is 17.8 Å². The summed E-state index contributed by atoms with van der Waals surface area (Å²) >= 11 is 0. The lowest BCUT2D eigenvalue weighted by atomic mass is 9.93. The third-order valence-corrected chi connectivity index (χ3v) is 8.46. The van der Waals surface area contributed by atoms with Crippen LogP contribution in [0.15, 0.2) is 29.2 Å². The molecule has 3 fully saturated rings. The third kappa shape index (κ3) is 3.41. The van der Waals surface area contributed by atoms with Crippen molar-refractivity contribution in [3.63, 3.8) is 0 Å². The number of hydrogen-bond acceptors (Lipinski definition) is 3. The summed E-state index contributed by atoms with van der Waals surface area (Å²) in [6.45, 7) is 2.78. The fourth-order valence-electron chi connectivity index (χ4n) is 4.94. The van der Waals surface area contributed by atoms with Crippen molar-refractivity contribution in [3.05, 3.63) is 29.8 Å². The van der Waals surface area contributed by atoms with E-state index in [0.717, 1.165) is 17.9 Å². The normalized spacial score (nSPS) is 29.8. The Kier molecular flexibility index (Phi) is 4.82. The molecule has 2 aliphatic carbocycles. The quantitative estimate of drug-likeness (QED) is 0.879. The molecule has 0 radical (unpaired) electrons. The average molecular weight is 377 g/mol. The summed E-state index contributed by atoms with van der Waals surface area (Å²) in [5.74, 6) is 1.56. The maximum atomic E-state index is 12.8. The van der Waals surface area contributed by atoms with Crippen molar-refractivity contribution in [2.45, 2.75) is 56.4 Å². The smallest absolute Gasteiger partial charge is 0.243 e. The lowest BCUT2D eigenvalue weighted by Crippen LogP contribution is -2.46. The lowest BCUT2D eigenvalue weighted by molar-refractivity contribution is -0.127. The molecule has 26 heavy (non-hydrogen) atoms. The van der Waals surface area contributed by atoms with Crippen molar-refractivity contribution in [1.82, 2.24) is 9.62 Å².